The fraction of sp³-hybridized carbons (Fsp3) is 0.0588. The topological polar surface area (TPSA) is 0 Å². The zero-order valence-electron chi connectivity index (χ0n) is 11.5. The van der Waals surface area contributed by atoms with Gasteiger partial charge in [-0.1, -0.05) is 0 Å². The summed E-state index contributed by atoms with van der Waals surface area (Å²) in [6.07, 6.45) is 8.06. The minimum Gasteiger partial charge on any atom is -1.00 e. The number of allylic oxidation sites excluding steroid dienone is 4. The summed E-state index contributed by atoms with van der Waals surface area (Å²) in [7, 11) is 0.895. The van der Waals surface area contributed by atoms with Crippen molar-refractivity contribution in [3.05, 3.63) is 62.1 Å². The van der Waals surface area contributed by atoms with Gasteiger partial charge in [-0.15, -0.1) is 0 Å². The van der Waals surface area contributed by atoms with Gasteiger partial charge in [0.15, 0.2) is 0 Å². The molecule has 1 aromatic carbocycles. The Morgan fingerprint density at radius 3 is 2.73 bits per heavy atom. The Labute approximate surface area is 164 Å². The maximum Gasteiger partial charge on any atom is -1.00 e. The van der Waals surface area contributed by atoms with Crippen LogP contribution in [0, 0.1) is 0 Å². The van der Waals surface area contributed by atoms with Crippen molar-refractivity contribution in [2.75, 3.05) is 0 Å². The van der Waals surface area contributed by atoms with Gasteiger partial charge in [0, 0.05) is 0 Å². The molecule has 0 saturated carbocycles. The Balaban J connectivity index is 0.000000882. The molecule has 1 aliphatic heterocycles. The van der Waals surface area contributed by atoms with Crippen molar-refractivity contribution >= 4 is 37.9 Å². The maximum absolute atomic E-state index is 3.58. The average molecular weight is 489 g/mol. The fourth-order valence-corrected chi connectivity index (χ4v) is 8.94. The molecule has 0 aromatic heterocycles. The fourth-order valence-electron chi connectivity index (χ4n) is 2.77. The minimum atomic E-state index is -0.583. The SMILES string of the molecule is Brc1ccc2c3[c]([Zr+2][C]4=CC=CC4)[pH]ccc-3cc2c1.[Cl-].[Cl-]. The Hall–Kier alpha value is 0.163. The quantitative estimate of drug-likeness (QED) is 0.447. The summed E-state index contributed by atoms with van der Waals surface area (Å²) in [5.41, 5.74) is 2.99. The monoisotopic (exact) mass is 486 g/mol. The second-order valence-electron chi connectivity index (χ2n) is 5.01. The van der Waals surface area contributed by atoms with Gasteiger partial charge in [0.25, 0.3) is 0 Å². The van der Waals surface area contributed by atoms with E-state index >= 15 is 0 Å². The summed E-state index contributed by atoms with van der Waals surface area (Å²) < 4.78 is 4.64. The number of benzene rings is 1. The van der Waals surface area contributed by atoms with Gasteiger partial charge in [-0.3, -0.25) is 0 Å². The van der Waals surface area contributed by atoms with Crippen LogP contribution < -0.4 is 27.8 Å². The first-order valence-corrected chi connectivity index (χ1v) is 11.0. The molecule has 0 nitrogen and oxygen atoms in total. The Bertz CT molecular complexity index is 838. The molecular weight excluding hydrogens is 477 g/mol. The van der Waals surface area contributed by atoms with Crippen LogP contribution in [-0.2, 0) is 23.2 Å². The molecule has 22 heavy (non-hydrogen) atoms. The van der Waals surface area contributed by atoms with Crippen LogP contribution in [-0.4, -0.2) is 0 Å². The first kappa shape index (κ1) is 18.5. The molecule has 0 spiro atoms. The molecule has 0 bridgehead atoms. The van der Waals surface area contributed by atoms with Crippen LogP contribution in [0.4, 0.5) is 0 Å². The zero-order valence-corrected chi connectivity index (χ0v) is 18.1. The third-order valence-corrected chi connectivity index (χ3v) is 9.78. The normalized spacial score (nSPS) is 13.0. The molecule has 3 aliphatic rings. The van der Waals surface area contributed by atoms with Crippen molar-refractivity contribution in [1.82, 2.24) is 0 Å². The van der Waals surface area contributed by atoms with Gasteiger partial charge >= 0.3 is 141 Å². The predicted octanol–water partition coefficient (Wildman–Crippen LogP) is -0.702. The average Bonchev–Trinajstić information content (AvgIpc) is 3.05. The summed E-state index contributed by atoms with van der Waals surface area (Å²) in [6, 6.07) is 11.3. The van der Waals surface area contributed by atoms with Gasteiger partial charge in [-0.2, -0.15) is 0 Å². The molecule has 110 valence electrons. The molecule has 4 rings (SSSR count). The number of halogens is 3. The summed E-state index contributed by atoms with van der Waals surface area (Å²) in [6.45, 7) is 0. The Kier molecular flexibility index (Phi) is 6.58. The van der Waals surface area contributed by atoms with Crippen LogP contribution in [0.15, 0.2) is 62.1 Å². The van der Waals surface area contributed by atoms with E-state index in [1.165, 1.54) is 27.2 Å². The van der Waals surface area contributed by atoms with Crippen molar-refractivity contribution in [2.24, 2.45) is 0 Å². The van der Waals surface area contributed by atoms with E-state index in [4.69, 9.17) is 0 Å². The van der Waals surface area contributed by atoms with Crippen molar-refractivity contribution in [1.29, 1.82) is 0 Å². The molecule has 2 aliphatic carbocycles. The van der Waals surface area contributed by atoms with Crippen LogP contribution in [0.2, 0.25) is 0 Å². The Morgan fingerprint density at radius 2 is 1.95 bits per heavy atom. The van der Waals surface area contributed by atoms with Gasteiger partial charge in [0.05, 0.1) is 0 Å². The third kappa shape index (κ3) is 3.47. The number of hydrogen-bond acceptors (Lipinski definition) is 0. The van der Waals surface area contributed by atoms with E-state index in [9.17, 15) is 0 Å². The van der Waals surface area contributed by atoms with E-state index in [0.29, 0.717) is 0 Å². The van der Waals surface area contributed by atoms with Crippen molar-refractivity contribution < 1.29 is 48.0 Å². The van der Waals surface area contributed by atoms with Crippen LogP contribution in [0.1, 0.15) is 6.42 Å². The molecular formula is C17H12BrCl2PZr. The van der Waals surface area contributed by atoms with Gasteiger partial charge < -0.3 is 24.8 Å². The first-order chi connectivity index (χ1) is 9.81. The second kappa shape index (κ2) is 7.82. The molecule has 0 saturated heterocycles. The molecule has 5 heteroatoms. The number of fused-ring (bicyclic) bond motifs is 3. The van der Waals surface area contributed by atoms with E-state index in [2.05, 4.69) is 70.3 Å². The Morgan fingerprint density at radius 1 is 1.09 bits per heavy atom. The largest absolute Gasteiger partial charge is 1.00 e. The van der Waals surface area contributed by atoms with Gasteiger partial charge in [0.1, 0.15) is 0 Å². The minimum absolute atomic E-state index is 0. The number of rotatable bonds is 2. The molecule has 0 fully saturated rings. The molecule has 1 unspecified atom stereocenters. The predicted molar refractivity (Wildman–Crippen MR) is 89.2 cm³/mol. The molecule has 1 atom stereocenters. The third-order valence-electron chi connectivity index (χ3n) is 3.68. The molecule has 0 N–H and O–H groups in total. The molecule has 0 radical (unpaired) electrons. The van der Waals surface area contributed by atoms with Crippen LogP contribution >= 0.6 is 24.1 Å². The first-order valence-electron chi connectivity index (χ1n) is 6.63. The van der Waals surface area contributed by atoms with E-state index in [-0.39, 0.29) is 24.8 Å². The van der Waals surface area contributed by atoms with E-state index < -0.39 is 23.2 Å². The van der Waals surface area contributed by atoms with E-state index in [0.717, 1.165) is 8.19 Å². The zero-order chi connectivity index (χ0) is 13.5. The van der Waals surface area contributed by atoms with E-state index in [1.807, 2.05) is 0 Å². The maximum atomic E-state index is 3.58. The molecule has 0 amide bonds. The van der Waals surface area contributed by atoms with Crippen LogP contribution in [0.5, 0.6) is 0 Å². The van der Waals surface area contributed by atoms with E-state index in [1.54, 1.807) is 11.8 Å². The van der Waals surface area contributed by atoms with Gasteiger partial charge in [0.2, 0.25) is 0 Å². The van der Waals surface area contributed by atoms with Crippen molar-refractivity contribution in [3.8, 4) is 11.1 Å². The summed E-state index contributed by atoms with van der Waals surface area (Å²) in [4.78, 5) is 0. The standard InChI is InChI=1S/C12H7BrP.C5H5.2ClH.Zr/c13-10-1-2-11-9(6-10)5-8-3-4-14-7-12(8)11;1-2-4-5-3-1;;;/h1-6,14H;1-3H,4H2;2*1H;/q;;;;+2/p-2. The van der Waals surface area contributed by atoms with Crippen LogP contribution in [0.25, 0.3) is 21.9 Å². The van der Waals surface area contributed by atoms with Gasteiger partial charge in [-0.05, 0) is 0 Å². The van der Waals surface area contributed by atoms with Crippen molar-refractivity contribution in [2.45, 2.75) is 6.42 Å². The summed E-state index contributed by atoms with van der Waals surface area (Å²) >= 11 is 3.00. The summed E-state index contributed by atoms with van der Waals surface area (Å²) in [5.74, 6) is 2.37. The molecule has 1 aromatic rings. The second-order valence-corrected chi connectivity index (χ2v) is 11.7. The molecule has 1 heterocycles. The van der Waals surface area contributed by atoms with Crippen LogP contribution in [0.3, 0.4) is 0 Å². The van der Waals surface area contributed by atoms with Gasteiger partial charge in [-0.25, -0.2) is 0 Å². The van der Waals surface area contributed by atoms with Crippen molar-refractivity contribution in [3.63, 3.8) is 0 Å². The smallest absolute Gasteiger partial charge is 1.00 e. The number of hydrogen-bond donors (Lipinski definition) is 0. The summed E-state index contributed by atoms with van der Waals surface area (Å²) in [5, 5.41) is 2.82.